The third kappa shape index (κ3) is 2.68. The second-order valence-corrected chi connectivity index (χ2v) is 4.44. The van der Waals surface area contributed by atoms with Crippen molar-refractivity contribution in [3.05, 3.63) is 28.8 Å². The summed E-state index contributed by atoms with van der Waals surface area (Å²) >= 11 is 0. The van der Waals surface area contributed by atoms with Gasteiger partial charge in [-0.05, 0) is 20.8 Å². The predicted molar refractivity (Wildman–Crippen MR) is 66.5 cm³/mol. The number of aryl methyl sites for hydroxylation is 2. The third-order valence-electron chi connectivity index (χ3n) is 3.00. The molecule has 0 aliphatic heterocycles. The van der Waals surface area contributed by atoms with Crippen LogP contribution in [0.1, 0.15) is 29.1 Å². The van der Waals surface area contributed by atoms with Crippen LogP contribution in [0.2, 0.25) is 0 Å². The van der Waals surface area contributed by atoms with Crippen LogP contribution in [-0.2, 0) is 11.2 Å². The Morgan fingerprint density at radius 3 is 2.65 bits per heavy atom. The lowest BCUT2D eigenvalue weighted by Gasteiger charge is -2.04. The highest BCUT2D eigenvalue weighted by molar-refractivity contribution is 5.92. The molecular weight excluding hydrogens is 270 g/mol. The number of nitrogens with one attached hydrogen (secondary N) is 1. The van der Waals surface area contributed by atoms with Gasteiger partial charge in [-0.2, -0.15) is 13.9 Å². The first-order valence-electron chi connectivity index (χ1n) is 5.93. The first-order valence-corrected chi connectivity index (χ1v) is 5.93. The van der Waals surface area contributed by atoms with E-state index >= 15 is 0 Å². The molecule has 0 fully saturated rings. The topological polar surface area (TPSA) is 73.0 Å². The molecule has 6 nitrogen and oxygen atoms in total. The molecule has 0 saturated heterocycles. The fourth-order valence-corrected chi connectivity index (χ4v) is 1.89. The van der Waals surface area contributed by atoms with Gasteiger partial charge in [-0.1, -0.05) is 5.16 Å². The van der Waals surface area contributed by atoms with Gasteiger partial charge in [0.15, 0.2) is 5.82 Å². The Labute approximate surface area is 113 Å². The number of nitrogens with zero attached hydrogens (tertiary/aromatic N) is 3. The molecule has 2 aromatic rings. The van der Waals surface area contributed by atoms with Gasteiger partial charge >= 0.3 is 6.55 Å². The molecule has 0 aliphatic carbocycles. The van der Waals surface area contributed by atoms with E-state index in [1.807, 2.05) is 0 Å². The number of carbonyl (C=O) groups is 1. The van der Waals surface area contributed by atoms with Crippen molar-refractivity contribution in [2.45, 2.75) is 33.7 Å². The SMILES string of the molecule is Cc1conc1NC(=O)Cc1c(C)nn(C(F)F)c1C. The highest BCUT2D eigenvalue weighted by Crippen LogP contribution is 2.20. The molecule has 8 heteroatoms. The maximum Gasteiger partial charge on any atom is 0.333 e. The fraction of sp³-hybridized carbons (Fsp3) is 0.417. The predicted octanol–water partition coefficient (Wildman–Crippen LogP) is 2.37. The summed E-state index contributed by atoms with van der Waals surface area (Å²) in [6.45, 7) is 2.12. The molecule has 2 rings (SSSR count). The molecule has 0 atom stereocenters. The molecule has 2 aromatic heterocycles. The lowest BCUT2D eigenvalue weighted by molar-refractivity contribution is -0.115. The van der Waals surface area contributed by atoms with Crippen LogP contribution in [0.15, 0.2) is 10.8 Å². The van der Waals surface area contributed by atoms with Gasteiger partial charge in [0.2, 0.25) is 5.91 Å². The molecular formula is C12H14F2N4O2. The molecule has 0 aromatic carbocycles. The Balaban J connectivity index is 2.14. The number of halogens is 2. The van der Waals surface area contributed by atoms with Gasteiger partial charge in [0.1, 0.15) is 6.26 Å². The minimum Gasteiger partial charge on any atom is -0.362 e. The van der Waals surface area contributed by atoms with Crippen LogP contribution in [0.3, 0.4) is 0 Å². The number of hydrogen-bond donors (Lipinski definition) is 1. The summed E-state index contributed by atoms with van der Waals surface area (Å²) in [5.41, 5.74) is 1.87. The van der Waals surface area contributed by atoms with Gasteiger partial charge in [0.05, 0.1) is 12.1 Å². The van der Waals surface area contributed by atoms with E-state index in [-0.39, 0.29) is 18.0 Å². The van der Waals surface area contributed by atoms with Crippen LogP contribution < -0.4 is 5.32 Å². The van der Waals surface area contributed by atoms with Crippen molar-refractivity contribution in [3.8, 4) is 0 Å². The van der Waals surface area contributed by atoms with Gasteiger partial charge in [0, 0.05) is 16.8 Å². The van der Waals surface area contributed by atoms with E-state index < -0.39 is 6.55 Å². The Morgan fingerprint density at radius 2 is 2.15 bits per heavy atom. The van der Waals surface area contributed by atoms with Gasteiger partial charge in [0.25, 0.3) is 0 Å². The van der Waals surface area contributed by atoms with Crippen molar-refractivity contribution in [3.63, 3.8) is 0 Å². The minimum absolute atomic E-state index is 0.0450. The van der Waals surface area contributed by atoms with E-state index in [9.17, 15) is 13.6 Å². The van der Waals surface area contributed by atoms with Crippen LogP contribution in [0.25, 0.3) is 0 Å². The third-order valence-corrected chi connectivity index (χ3v) is 3.00. The largest absolute Gasteiger partial charge is 0.362 e. The Kier molecular flexibility index (Phi) is 3.82. The van der Waals surface area contributed by atoms with Crippen molar-refractivity contribution in [1.29, 1.82) is 0 Å². The zero-order valence-corrected chi connectivity index (χ0v) is 11.3. The molecule has 0 bridgehead atoms. The summed E-state index contributed by atoms with van der Waals surface area (Å²) in [5.74, 6) is -0.0337. The molecule has 108 valence electrons. The molecule has 20 heavy (non-hydrogen) atoms. The quantitative estimate of drug-likeness (QED) is 0.935. The molecule has 1 N–H and O–H groups in total. The number of aromatic nitrogens is 3. The monoisotopic (exact) mass is 284 g/mol. The van der Waals surface area contributed by atoms with Gasteiger partial charge in [-0.15, -0.1) is 0 Å². The number of anilines is 1. The molecule has 0 saturated carbocycles. The summed E-state index contributed by atoms with van der Waals surface area (Å²) < 4.78 is 30.7. The molecule has 2 heterocycles. The van der Waals surface area contributed by atoms with Crippen molar-refractivity contribution in [1.82, 2.24) is 14.9 Å². The summed E-state index contributed by atoms with van der Waals surface area (Å²) in [5, 5.41) is 9.92. The van der Waals surface area contributed by atoms with E-state index in [1.54, 1.807) is 13.8 Å². The lowest BCUT2D eigenvalue weighted by Crippen LogP contribution is -2.16. The van der Waals surface area contributed by atoms with Crippen LogP contribution in [0.4, 0.5) is 14.6 Å². The van der Waals surface area contributed by atoms with Crippen molar-refractivity contribution in [2.24, 2.45) is 0 Å². The molecule has 0 spiro atoms. The summed E-state index contributed by atoms with van der Waals surface area (Å²) in [4.78, 5) is 11.9. The highest BCUT2D eigenvalue weighted by Gasteiger charge is 2.19. The molecule has 0 aliphatic rings. The van der Waals surface area contributed by atoms with E-state index in [0.717, 1.165) is 0 Å². The van der Waals surface area contributed by atoms with E-state index in [4.69, 9.17) is 4.52 Å². The van der Waals surface area contributed by atoms with E-state index in [2.05, 4.69) is 15.6 Å². The van der Waals surface area contributed by atoms with Gasteiger partial charge in [-0.25, -0.2) is 4.68 Å². The van der Waals surface area contributed by atoms with Gasteiger partial charge in [-0.3, -0.25) is 4.79 Å². The fourth-order valence-electron chi connectivity index (χ4n) is 1.89. The second-order valence-electron chi connectivity index (χ2n) is 4.44. The molecule has 1 amide bonds. The lowest BCUT2D eigenvalue weighted by atomic mass is 10.1. The average Bonchev–Trinajstić information content (AvgIpc) is 2.88. The van der Waals surface area contributed by atoms with Crippen molar-refractivity contribution < 1.29 is 18.1 Å². The summed E-state index contributed by atoms with van der Waals surface area (Å²) in [7, 11) is 0. The normalized spacial score (nSPS) is 11.1. The smallest absolute Gasteiger partial charge is 0.333 e. The zero-order chi connectivity index (χ0) is 14.9. The first kappa shape index (κ1) is 14.2. The number of amides is 1. The van der Waals surface area contributed by atoms with E-state index in [0.29, 0.717) is 27.3 Å². The van der Waals surface area contributed by atoms with Crippen LogP contribution in [0.5, 0.6) is 0 Å². The highest BCUT2D eigenvalue weighted by atomic mass is 19.3. The Hall–Kier alpha value is -2.25. The number of carbonyl (C=O) groups excluding carboxylic acids is 1. The maximum atomic E-state index is 12.7. The number of alkyl halides is 2. The van der Waals surface area contributed by atoms with Crippen LogP contribution in [0, 0.1) is 20.8 Å². The number of rotatable bonds is 4. The number of hydrogen-bond acceptors (Lipinski definition) is 4. The van der Waals surface area contributed by atoms with Crippen LogP contribution in [-0.4, -0.2) is 20.8 Å². The average molecular weight is 284 g/mol. The minimum atomic E-state index is -2.72. The molecule has 0 radical (unpaired) electrons. The summed E-state index contributed by atoms with van der Waals surface area (Å²) in [6.07, 6.45) is 1.36. The first-order chi connectivity index (χ1) is 9.40. The Morgan fingerprint density at radius 1 is 1.45 bits per heavy atom. The van der Waals surface area contributed by atoms with Gasteiger partial charge < -0.3 is 9.84 Å². The molecule has 0 unspecified atom stereocenters. The van der Waals surface area contributed by atoms with Crippen LogP contribution >= 0.6 is 0 Å². The van der Waals surface area contributed by atoms with E-state index in [1.165, 1.54) is 13.2 Å². The summed E-state index contributed by atoms with van der Waals surface area (Å²) in [6, 6.07) is 0. The Bertz CT molecular complexity index is 633. The van der Waals surface area contributed by atoms with Crippen molar-refractivity contribution in [2.75, 3.05) is 5.32 Å². The zero-order valence-electron chi connectivity index (χ0n) is 11.3. The standard InChI is InChI=1S/C12H14F2N4O2/c1-6-5-20-17-11(6)15-10(19)4-9-7(2)16-18(8(9)3)12(13)14/h5,12H,4H2,1-3H3,(H,15,17,19). The second kappa shape index (κ2) is 5.40. The maximum absolute atomic E-state index is 12.7. The van der Waals surface area contributed by atoms with Crippen molar-refractivity contribution >= 4 is 11.7 Å².